The van der Waals surface area contributed by atoms with Crippen molar-refractivity contribution in [3.8, 4) is 0 Å². The SMILES string of the molecule is CCc1nc(NN)cc(NCC(O)C(F)F)n1. The zero-order valence-corrected chi connectivity index (χ0v) is 9.32. The van der Waals surface area contributed by atoms with Crippen LogP contribution in [0, 0.1) is 0 Å². The fraction of sp³-hybridized carbons (Fsp3) is 0.556. The molecule has 1 heterocycles. The molecular weight excluding hydrogens is 232 g/mol. The van der Waals surface area contributed by atoms with E-state index in [9.17, 15) is 8.78 Å². The number of hydrazine groups is 1. The van der Waals surface area contributed by atoms with E-state index in [0.717, 1.165) is 0 Å². The zero-order valence-electron chi connectivity index (χ0n) is 9.32. The number of halogens is 2. The molecule has 0 spiro atoms. The van der Waals surface area contributed by atoms with Gasteiger partial charge < -0.3 is 15.8 Å². The summed E-state index contributed by atoms with van der Waals surface area (Å²) in [6.45, 7) is 1.56. The van der Waals surface area contributed by atoms with Crippen LogP contribution in [0.4, 0.5) is 20.4 Å². The van der Waals surface area contributed by atoms with Crippen LogP contribution in [0.3, 0.4) is 0 Å². The van der Waals surface area contributed by atoms with Crippen molar-refractivity contribution >= 4 is 11.6 Å². The van der Waals surface area contributed by atoms with Crippen LogP contribution in [0.25, 0.3) is 0 Å². The highest BCUT2D eigenvalue weighted by Gasteiger charge is 2.16. The maximum Gasteiger partial charge on any atom is 0.265 e. The number of aryl methyl sites for hydroxylation is 1. The van der Waals surface area contributed by atoms with Crippen LogP contribution in [0.1, 0.15) is 12.7 Å². The largest absolute Gasteiger partial charge is 0.385 e. The van der Waals surface area contributed by atoms with E-state index in [0.29, 0.717) is 23.9 Å². The van der Waals surface area contributed by atoms with Crippen molar-refractivity contribution in [2.24, 2.45) is 5.84 Å². The maximum atomic E-state index is 12.1. The van der Waals surface area contributed by atoms with Gasteiger partial charge in [0.2, 0.25) is 0 Å². The second kappa shape index (κ2) is 6.26. The van der Waals surface area contributed by atoms with E-state index < -0.39 is 12.5 Å². The highest BCUT2D eigenvalue weighted by atomic mass is 19.3. The molecule has 0 fully saturated rings. The molecule has 0 saturated carbocycles. The van der Waals surface area contributed by atoms with Gasteiger partial charge in [-0.3, -0.25) is 0 Å². The summed E-state index contributed by atoms with van der Waals surface area (Å²) in [5, 5.41) is 11.5. The second-order valence-corrected chi connectivity index (χ2v) is 3.34. The Morgan fingerprint density at radius 2 is 2.06 bits per heavy atom. The third-order valence-electron chi connectivity index (χ3n) is 2.02. The van der Waals surface area contributed by atoms with Gasteiger partial charge in [0.15, 0.2) is 0 Å². The molecule has 17 heavy (non-hydrogen) atoms. The summed E-state index contributed by atoms with van der Waals surface area (Å²) in [4.78, 5) is 8.09. The number of anilines is 2. The van der Waals surface area contributed by atoms with Crippen LogP contribution in [0.5, 0.6) is 0 Å². The summed E-state index contributed by atoms with van der Waals surface area (Å²) >= 11 is 0. The summed E-state index contributed by atoms with van der Waals surface area (Å²) in [6.07, 6.45) is -3.94. The molecule has 1 rings (SSSR count). The van der Waals surface area contributed by atoms with Gasteiger partial charge in [-0.2, -0.15) is 0 Å². The number of aliphatic hydroxyl groups excluding tert-OH is 1. The number of nitrogens with zero attached hydrogens (tertiary/aromatic N) is 2. The number of hydrogen-bond acceptors (Lipinski definition) is 6. The minimum Gasteiger partial charge on any atom is -0.385 e. The van der Waals surface area contributed by atoms with E-state index in [2.05, 4.69) is 20.7 Å². The first-order chi connectivity index (χ1) is 8.06. The summed E-state index contributed by atoms with van der Waals surface area (Å²) in [5.74, 6) is 6.45. The lowest BCUT2D eigenvalue weighted by Gasteiger charge is -2.12. The average Bonchev–Trinajstić information content (AvgIpc) is 2.35. The normalized spacial score (nSPS) is 12.6. The van der Waals surface area contributed by atoms with Gasteiger partial charge in [0, 0.05) is 19.0 Å². The number of rotatable bonds is 6. The summed E-state index contributed by atoms with van der Waals surface area (Å²) in [6, 6.07) is 1.47. The van der Waals surface area contributed by atoms with E-state index in [1.54, 1.807) is 0 Å². The number of aromatic nitrogens is 2. The summed E-state index contributed by atoms with van der Waals surface area (Å²) < 4.78 is 24.1. The Morgan fingerprint density at radius 1 is 1.41 bits per heavy atom. The lowest BCUT2D eigenvalue weighted by atomic mass is 10.3. The van der Waals surface area contributed by atoms with Gasteiger partial charge in [-0.1, -0.05) is 6.92 Å². The molecule has 1 unspecified atom stereocenters. The monoisotopic (exact) mass is 247 g/mol. The first-order valence-electron chi connectivity index (χ1n) is 5.11. The van der Waals surface area contributed by atoms with Crippen molar-refractivity contribution in [3.63, 3.8) is 0 Å². The molecule has 0 bridgehead atoms. The minimum atomic E-state index is -2.79. The van der Waals surface area contributed by atoms with Gasteiger partial charge in [0.25, 0.3) is 6.43 Å². The molecule has 0 amide bonds. The third-order valence-corrected chi connectivity index (χ3v) is 2.02. The molecule has 1 aromatic rings. The standard InChI is InChI=1S/C9H15F2N5O/c1-2-6-14-7(3-8(15-6)16-12)13-4-5(17)9(10)11/h3,5,9,17H,2,4,12H2,1H3,(H2,13,14,15,16). The van der Waals surface area contributed by atoms with E-state index in [-0.39, 0.29) is 6.54 Å². The molecule has 0 saturated heterocycles. The molecule has 0 aliphatic carbocycles. The molecule has 96 valence electrons. The average molecular weight is 247 g/mol. The van der Waals surface area contributed by atoms with E-state index >= 15 is 0 Å². The smallest absolute Gasteiger partial charge is 0.265 e. The number of aliphatic hydroxyl groups is 1. The molecule has 0 aliphatic rings. The first-order valence-corrected chi connectivity index (χ1v) is 5.11. The van der Waals surface area contributed by atoms with Gasteiger partial charge >= 0.3 is 0 Å². The quantitative estimate of drug-likeness (QED) is 0.428. The van der Waals surface area contributed by atoms with Gasteiger partial charge in [0.05, 0.1) is 0 Å². The molecule has 1 aromatic heterocycles. The Kier molecular flexibility index (Phi) is 4.98. The fourth-order valence-electron chi connectivity index (χ4n) is 1.12. The Bertz CT molecular complexity index is 341. The van der Waals surface area contributed by atoms with Gasteiger partial charge in [-0.25, -0.2) is 24.6 Å². The van der Waals surface area contributed by atoms with E-state index in [1.807, 2.05) is 6.92 Å². The van der Waals surface area contributed by atoms with E-state index in [1.165, 1.54) is 6.07 Å². The molecule has 5 N–H and O–H groups in total. The lowest BCUT2D eigenvalue weighted by molar-refractivity contribution is 0.00380. The third kappa shape index (κ3) is 4.08. The predicted octanol–water partition coefficient (Wildman–Crippen LogP) is 0.362. The number of nitrogen functional groups attached to an aromatic ring is 1. The highest BCUT2D eigenvalue weighted by Crippen LogP contribution is 2.11. The van der Waals surface area contributed by atoms with Crippen LogP contribution in [-0.2, 0) is 6.42 Å². The van der Waals surface area contributed by atoms with Crippen molar-refractivity contribution in [3.05, 3.63) is 11.9 Å². The van der Waals surface area contributed by atoms with Crippen molar-refractivity contribution in [1.29, 1.82) is 0 Å². The number of nitrogens with one attached hydrogen (secondary N) is 2. The van der Waals surface area contributed by atoms with Crippen LogP contribution in [0.15, 0.2) is 6.07 Å². The predicted molar refractivity (Wildman–Crippen MR) is 59.7 cm³/mol. The van der Waals surface area contributed by atoms with Crippen molar-refractivity contribution in [2.45, 2.75) is 25.9 Å². The Labute approximate surface area is 97.2 Å². The van der Waals surface area contributed by atoms with Crippen molar-refractivity contribution < 1.29 is 13.9 Å². The molecular formula is C9H15F2N5O. The first kappa shape index (κ1) is 13.5. The lowest BCUT2D eigenvalue weighted by Crippen LogP contribution is -2.27. The highest BCUT2D eigenvalue weighted by molar-refractivity contribution is 5.46. The summed E-state index contributed by atoms with van der Waals surface area (Å²) in [7, 11) is 0. The topological polar surface area (TPSA) is 96.1 Å². The number of alkyl halides is 2. The van der Waals surface area contributed by atoms with Crippen LogP contribution in [0.2, 0.25) is 0 Å². The molecule has 0 aromatic carbocycles. The van der Waals surface area contributed by atoms with Crippen LogP contribution < -0.4 is 16.6 Å². The second-order valence-electron chi connectivity index (χ2n) is 3.34. The summed E-state index contributed by atoms with van der Waals surface area (Å²) in [5.41, 5.74) is 2.35. The molecule has 0 radical (unpaired) electrons. The Hall–Kier alpha value is -1.54. The van der Waals surface area contributed by atoms with Crippen LogP contribution in [-0.4, -0.2) is 34.1 Å². The molecule has 8 heteroatoms. The van der Waals surface area contributed by atoms with Crippen molar-refractivity contribution in [2.75, 3.05) is 17.3 Å². The maximum absolute atomic E-state index is 12.1. The van der Waals surface area contributed by atoms with Crippen LogP contribution >= 0.6 is 0 Å². The number of nitrogens with two attached hydrogens (primary N) is 1. The molecule has 0 aliphatic heterocycles. The zero-order chi connectivity index (χ0) is 12.8. The fourth-order valence-corrected chi connectivity index (χ4v) is 1.12. The van der Waals surface area contributed by atoms with Crippen molar-refractivity contribution in [1.82, 2.24) is 9.97 Å². The van der Waals surface area contributed by atoms with E-state index in [4.69, 9.17) is 10.9 Å². The van der Waals surface area contributed by atoms with Gasteiger partial charge in [0.1, 0.15) is 23.6 Å². The Balaban J connectivity index is 2.70. The van der Waals surface area contributed by atoms with Gasteiger partial charge in [-0.15, -0.1) is 0 Å². The number of hydrogen-bond donors (Lipinski definition) is 4. The van der Waals surface area contributed by atoms with Gasteiger partial charge in [-0.05, 0) is 0 Å². The molecule has 6 nitrogen and oxygen atoms in total. The Morgan fingerprint density at radius 3 is 2.59 bits per heavy atom. The molecule has 1 atom stereocenters. The minimum absolute atomic E-state index is 0.290.